The minimum atomic E-state index is 0.0916. The van der Waals surface area contributed by atoms with Gasteiger partial charge in [-0.15, -0.1) is 0 Å². The molecule has 2 aliphatic rings. The van der Waals surface area contributed by atoms with E-state index < -0.39 is 0 Å². The minimum Gasteiger partial charge on any atom is -0.493 e. The number of nitrogens with zero attached hydrogens (tertiary/aromatic N) is 4. The van der Waals surface area contributed by atoms with Crippen LogP contribution in [0.4, 0.5) is 0 Å². The number of nitrogens with one attached hydrogen (secondary N) is 1. The average molecular weight is 504 g/mol. The highest BCUT2D eigenvalue weighted by molar-refractivity contribution is 6.30. The van der Waals surface area contributed by atoms with Crippen molar-refractivity contribution in [3.63, 3.8) is 0 Å². The number of likely N-dealkylation sites (tertiary alicyclic amines) is 2. The number of fused-ring (bicyclic) bond motifs is 3. The number of halogens is 1. The van der Waals surface area contributed by atoms with Gasteiger partial charge in [-0.2, -0.15) is 0 Å². The van der Waals surface area contributed by atoms with E-state index in [-0.39, 0.29) is 6.17 Å². The zero-order valence-corrected chi connectivity index (χ0v) is 20.9. The van der Waals surface area contributed by atoms with Gasteiger partial charge >= 0.3 is 0 Å². The van der Waals surface area contributed by atoms with Crippen molar-refractivity contribution in [1.82, 2.24) is 24.8 Å². The van der Waals surface area contributed by atoms with E-state index in [9.17, 15) is 4.79 Å². The molecule has 0 aliphatic carbocycles. The van der Waals surface area contributed by atoms with E-state index in [4.69, 9.17) is 16.3 Å². The molecule has 36 heavy (non-hydrogen) atoms. The number of ether oxygens (including phenoxy) is 1. The summed E-state index contributed by atoms with van der Waals surface area (Å²) in [6.45, 7) is 3.36. The SMILES string of the molecule is O=CN1CCC(c2cc[nH]c3cnc4nccc4c23)CC1N1CCCC(COc2ccc(Cl)cc2)C1. The van der Waals surface area contributed by atoms with Crippen molar-refractivity contribution in [2.45, 2.75) is 37.8 Å². The van der Waals surface area contributed by atoms with Crippen LogP contribution in [0.5, 0.6) is 5.75 Å². The molecule has 2 saturated heterocycles. The largest absolute Gasteiger partial charge is 0.493 e. The maximum atomic E-state index is 12.1. The van der Waals surface area contributed by atoms with E-state index in [1.54, 1.807) is 0 Å². The number of carbonyl (C=O) groups excluding carboxylic acids is 1. The van der Waals surface area contributed by atoms with Crippen molar-refractivity contribution >= 4 is 39.9 Å². The average Bonchev–Trinajstić information content (AvgIpc) is 3.42. The van der Waals surface area contributed by atoms with Gasteiger partial charge in [-0.05, 0) is 73.6 Å². The van der Waals surface area contributed by atoms with Crippen LogP contribution < -0.4 is 4.74 Å². The molecule has 0 radical (unpaired) electrons. The molecule has 0 bridgehead atoms. The fraction of sp³-hybridized carbons (Fsp3) is 0.393. The molecule has 186 valence electrons. The topological polar surface area (TPSA) is 74.4 Å². The Labute approximate surface area is 215 Å². The zero-order valence-electron chi connectivity index (χ0n) is 20.1. The predicted molar refractivity (Wildman–Crippen MR) is 141 cm³/mol. The van der Waals surface area contributed by atoms with Gasteiger partial charge in [0, 0.05) is 53.7 Å². The third-order valence-corrected chi connectivity index (χ3v) is 8.04. The number of aromatic nitrogens is 3. The van der Waals surface area contributed by atoms with Crippen LogP contribution in [0.25, 0.3) is 21.9 Å². The van der Waals surface area contributed by atoms with Gasteiger partial charge in [0.05, 0.1) is 24.5 Å². The maximum absolute atomic E-state index is 12.1. The van der Waals surface area contributed by atoms with Crippen LogP contribution in [0.2, 0.25) is 5.02 Å². The summed E-state index contributed by atoms with van der Waals surface area (Å²) in [5.41, 5.74) is 3.13. The van der Waals surface area contributed by atoms with Crippen LogP contribution in [0.3, 0.4) is 0 Å². The smallest absolute Gasteiger partial charge is 0.210 e. The number of benzene rings is 1. The summed E-state index contributed by atoms with van der Waals surface area (Å²) in [5, 5.41) is 3.00. The third-order valence-electron chi connectivity index (χ3n) is 7.78. The standard InChI is InChI=1S/C28H30ClN5O2/c29-21-3-5-22(6-4-21)36-17-19-2-1-12-33(16-19)26-14-20(9-13-34(26)18-35)23-7-10-30-25-15-32-28-24(27(23)25)8-11-31-28/h3-8,10-11,15,18-20,26,30H,1-2,9,12-14,16-17H2. The fourth-order valence-corrected chi connectivity index (χ4v) is 6.13. The van der Waals surface area contributed by atoms with E-state index >= 15 is 0 Å². The lowest BCUT2D eigenvalue weighted by Gasteiger charge is -2.46. The molecule has 8 heteroatoms. The highest BCUT2D eigenvalue weighted by Crippen LogP contribution is 2.38. The third kappa shape index (κ3) is 4.53. The molecule has 6 rings (SSSR count). The monoisotopic (exact) mass is 503 g/mol. The van der Waals surface area contributed by atoms with E-state index in [0.717, 1.165) is 74.0 Å². The molecule has 1 N–H and O–H groups in total. The van der Waals surface area contributed by atoms with E-state index in [2.05, 4.69) is 32.0 Å². The summed E-state index contributed by atoms with van der Waals surface area (Å²) in [5.74, 6) is 1.63. The van der Waals surface area contributed by atoms with Crippen molar-refractivity contribution in [1.29, 1.82) is 0 Å². The van der Waals surface area contributed by atoms with Crippen molar-refractivity contribution < 1.29 is 9.53 Å². The van der Waals surface area contributed by atoms with Gasteiger partial charge in [0.1, 0.15) is 5.75 Å². The highest BCUT2D eigenvalue weighted by atomic mass is 35.5. The molecule has 4 aromatic rings. The Morgan fingerprint density at radius 2 is 2.00 bits per heavy atom. The lowest BCUT2D eigenvalue weighted by molar-refractivity contribution is -0.128. The second-order valence-corrected chi connectivity index (χ2v) is 10.4. The normalized spacial score (nSPS) is 23.2. The lowest BCUT2D eigenvalue weighted by atomic mass is 9.84. The molecule has 3 unspecified atom stereocenters. The number of amides is 1. The van der Waals surface area contributed by atoms with Crippen molar-refractivity contribution in [2.24, 2.45) is 5.92 Å². The van der Waals surface area contributed by atoms with Crippen LogP contribution in [-0.2, 0) is 4.79 Å². The number of aromatic amines is 1. The molecule has 1 amide bonds. The number of hydrogen-bond donors (Lipinski definition) is 1. The first-order valence-corrected chi connectivity index (χ1v) is 13.1. The van der Waals surface area contributed by atoms with E-state index in [0.29, 0.717) is 23.5 Å². The fourth-order valence-electron chi connectivity index (χ4n) is 6.00. The summed E-state index contributed by atoms with van der Waals surface area (Å²) >= 11 is 6.00. The van der Waals surface area contributed by atoms with Crippen molar-refractivity contribution in [3.05, 3.63) is 65.6 Å². The number of rotatable bonds is 6. The van der Waals surface area contributed by atoms with E-state index in [1.807, 2.05) is 47.8 Å². The van der Waals surface area contributed by atoms with Crippen LogP contribution in [-0.4, -0.2) is 63.6 Å². The van der Waals surface area contributed by atoms with Gasteiger partial charge in [-0.1, -0.05) is 11.6 Å². The Hall–Kier alpha value is -3.16. The molecule has 7 nitrogen and oxygen atoms in total. The first-order valence-electron chi connectivity index (χ1n) is 12.7. The van der Waals surface area contributed by atoms with Crippen LogP contribution in [0.1, 0.15) is 37.2 Å². The molecule has 2 fully saturated rings. The maximum Gasteiger partial charge on any atom is 0.210 e. The molecule has 0 saturated carbocycles. The van der Waals surface area contributed by atoms with Gasteiger partial charge in [0.2, 0.25) is 6.41 Å². The highest BCUT2D eigenvalue weighted by Gasteiger charge is 2.35. The molecule has 3 atom stereocenters. The van der Waals surface area contributed by atoms with Crippen LogP contribution in [0, 0.1) is 5.92 Å². The summed E-state index contributed by atoms with van der Waals surface area (Å²) in [4.78, 5) is 28.8. The number of hydrogen-bond acceptors (Lipinski definition) is 5. The second-order valence-electron chi connectivity index (χ2n) is 9.98. The Balaban J connectivity index is 1.21. The molecule has 2 aliphatic heterocycles. The second kappa shape index (κ2) is 10.1. The summed E-state index contributed by atoms with van der Waals surface area (Å²) in [6.07, 6.45) is 10.9. The quantitative estimate of drug-likeness (QED) is 0.365. The Kier molecular flexibility index (Phi) is 6.50. The number of piperidine rings is 2. The first kappa shape index (κ1) is 23.3. The summed E-state index contributed by atoms with van der Waals surface area (Å²) in [6, 6.07) is 11.8. The number of pyridine rings is 2. The van der Waals surface area contributed by atoms with Gasteiger partial charge in [0.25, 0.3) is 0 Å². The first-order chi connectivity index (χ1) is 17.7. The van der Waals surface area contributed by atoms with Crippen LogP contribution >= 0.6 is 11.6 Å². The molecule has 1 aromatic carbocycles. The number of H-pyrrole nitrogens is 1. The summed E-state index contributed by atoms with van der Waals surface area (Å²) < 4.78 is 6.08. The molecular formula is C28H30ClN5O2. The van der Waals surface area contributed by atoms with Crippen LogP contribution in [0.15, 0.2) is 55.0 Å². The predicted octanol–water partition coefficient (Wildman–Crippen LogP) is 5.22. The Bertz CT molecular complexity index is 1360. The van der Waals surface area contributed by atoms with Crippen molar-refractivity contribution in [2.75, 3.05) is 26.2 Å². The van der Waals surface area contributed by atoms with Gasteiger partial charge in [0.15, 0.2) is 5.65 Å². The molecule has 3 aromatic heterocycles. The zero-order chi connectivity index (χ0) is 24.5. The summed E-state index contributed by atoms with van der Waals surface area (Å²) in [7, 11) is 0. The Morgan fingerprint density at radius 3 is 2.86 bits per heavy atom. The van der Waals surface area contributed by atoms with E-state index in [1.165, 1.54) is 10.9 Å². The number of carbonyl (C=O) groups is 1. The lowest BCUT2D eigenvalue weighted by Crippen LogP contribution is -2.55. The molecule has 0 spiro atoms. The Morgan fingerprint density at radius 1 is 1.11 bits per heavy atom. The molecular weight excluding hydrogens is 474 g/mol. The van der Waals surface area contributed by atoms with Gasteiger partial charge < -0.3 is 14.6 Å². The minimum absolute atomic E-state index is 0.0916. The van der Waals surface area contributed by atoms with Crippen molar-refractivity contribution in [3.8, 4) is 5.75 Å². The van der Waals surface area contributed by atoms with Gasteiger partial charge in [-0.3, -0.25) is 9.69 Å². The van der Waals surface area contributed by atoms with Gasteiger partial charge in [-0.25, -0.2) is 9.97 Å². The molecule has 5 heterocycles.